The zero-order valence-electron chi connectivity index (χ0n) is 13.0. The van der Waals surface area contributed by atoms with Crippen LogP contribution in [0.4, 0.5) is 4.79 Å². The lowest BCUT2D eigenvalue weighted by Gasteiger charge is -2.28. The summed E-state index contributed by atoms with van der Waals surface area (Å²) in [5.74, 6) is -0.767. The summed E-state index contributed by atoms with van der Waals surface area (Å²) in [6.45, 7) is 3.10. The molecule has 0 aliphatic heterocycles. The van der Waals surface area contributed by atoms with Crippen molar-refractivity contribution in [2.45, 2.75) is 64.7 Å². The number of carboxylic acid groups (broad SMARTS) is 1. The second kappa shape index (κ2) is 6.67. The number of carboxylic acids is 1. The van der Waals surface area contributed by atoms with E-state index in [2.05, 4.69) is 17.6 Å². The average Bonchev–Trinajstić information content (AvgIpc) is 3.27. The topological polar surface area (TPSA) is 78.4 Å². The number of aliphatic carboxylic acids is 1. The molecule has 2 aliphatic carbocycles. The number of urea groups is 1. The van der Waals surface area contributed by atoms with E-state index >= 15 is 0 Å². The summed E-state index contributed by atoms with van der Waals surface area (Å²) in [6.07, 6.45) is 8.87. The molecule has 2 saturated carbocycles. The molecule has 21 heavy (non-hydrogen) atoms. The van der Waals surface area contributed by atoms with Gasteiger partial charge in [-0.1, -0.05) is 32.6 Å². The minimum Gasteiger partial charge on any atom is -0.481 e. The molecule has 0 aromatic rings. The van der Waals surface area contributed by atoms with Crippen molar-refractivity contribution in [1.82, 2.24) is 10.6 Å². The maximum Gasteiger partial charge on any atom is 0.314 e. The molecule has 0 aromatic heterocycles. The van der Waals surface area contributed by atoms with Crippen LogP contribution in [0.5, 0.6) is 0 Å². The lowest BCUT2D eigenvalue weighted by molar-refractivity contribution is -0.149. The van der Waals surface area contributed by atoms with Crippen molar-refractivity contribution < 1.29 is 14.7 Å². The normalized spacial score (nSPS) is 22.9. The predicted octanol–water partition coefficient (Wildman–Crippen LogP) is 2.90. The van der Waals surface area contributed by atoms with Crippen LogP contribution in [0.1, 0.15) is 64.7 Å². The Morgan fingerprint density at radius 1 is 0.952 bits per heavy atom. The van der Waals surface area contributed by atoms with Gasteiger partial charge >= 0.3 is 12.0 Å². The van der Waals surface area contributed by atoms with E-state index in [1.54, 1.807) is 0 Å². The monoisotopic (exact) mass is 296 g/mol. The van der Waals surface area contributed by atoms with Gasteiger partial charge < -0.3 is 15.7 Å². The molecule has 2 amide bonds. The second-order valence-corrected chi connectivity index (χ2v) is 6.89. The fraction of sp³-hybridized carbons (Fsp3) is 0.875. The first-order valence-corrected chi connectivity index (χ1v) is 8.27. The van der Waals surface area contributed by atoms with Crippen molar-refractivity contribution >= 4 is 12.0 Å². The Balaban J connectivity index is 1.81. The van der Waals surface area contributed by atoms with Gasteiger partial charge in [-0.05, 0) is 37.5 Å². The largest absolute Gasteiger partial charge is 0.481 e. The van der Waals surface area contributed by atoms with E-state index in [1.165, 1.54) is 12.8 Å². The van der Waals surface area contributed by atoms with E-state index < -0.39 is 11.4 Å². The molecule has 0 heterocycles. The highest BCUT2D eigenvalue weighted by Gasteiger charge is 2.41. The predicted molar refractivity (Wildman–Crippen MR) is 81.1 cm³/mol. The number of nitrogens with one attached hydrogen (secondary N) is 2. The van der Waals surface area contributed by atoms with Gasteiger partial charge in [0.1, 0.15) is 0 Å². The first-order valence-electron chi connectivity index (χ1n) is 8.27. The van der Waals surface area contributed by atoms with Crippen molar-refractivity contribution in [3.63, 3.8) is 0 Å². The van der Waals surface area contributed by atoms with Gasteiger partial charge in [-0.2, -0.15) is 0 Å². The van der Waals surface area contributed by atoms with Crippen molar-refractivity contribution in [3.05, 3.63) is 0 Å². The Morgan fingerprint density at radius 3 is 2.00 bits per heavy atom. The second-order valence-electron chi connectivity index (χ2n) is 6.89. The molecule has 3 N–H and O–H groups in total. The molecule has 0 atom stereocenters. The fourth-order valence-electron chi connectivity index (χ4n) is 3.28. The molecule has 0 unspecified atom stereocenters. The van der Waals surface area contributed by atoms with Crippen molar-refractivity contribution in [3.8, 4) is 0 Å². The van der Waals surface area contributed by atoms with Crippen molar-refractivity contribution in [2.24, 2.45) is 10.8 Å². The number of hydrogen-bond acceptors (Lipinski definition) is 2. The zero-order chi connectivity index (χ0) is 15.3. The highest BCUT2D eigenvalue weighted by Crippen LogP contribution is 2.47. The van der Waals surface area contributed by atoms with E-state index in [0.717, 1.165) is 32.1 Å². The summed E-state index contributed by atoms with van der Waals surface area (Å²) < 4.78 is 0. The van der Waals surface area contributed by atoms with E-state index in [9.17, 15) is 14.7 Å². The van der Waals surface area contributed by atoms with E-state index in [1.807, 2.05) is 0 Å². The van der Waals surface area contributed by atoms with Gasteiger partial charge in [0.15, 0.2) is 0 Å². The Bertz CT molecular complexity index is 383. The van der Waals surface area contributed by atoms with Crippen LogP contribution in [0.3, 0.4) is 0 Å². The maximum absolute atomic E-state index is 11.9. The Morgan fingerprint density at radius 2 is 1.52 bits per heavy atom. The van der Waals surface area contributed by atoms with Gasteiger partial charge in [0.2, 0.25) is 0 Å². The molecule has 2 aliphatic rings. The van der Waals surface area contributed by atoms with Gasteiger partial charge in [-0.3, -0.25) is 4.79 Å². The van der Waals surface area contributed by atoms with Crippen molar-refractivity contribution in [2.75, 3.05) is 13.1 Å². The summed E-state index contributed by atoms with van der Waals surface area (Å²) in [7, 11) is 0. The van der Waals surface area contributed by atoms with Gasteiger partial charge in [0.25, 0.3) is 0 Å². The molecule has 2 fully saturated rings. The van der Waals surface area contributed by atoms with Crippen LogP contribution in [-0.2, 0) is 4.79 Å². The summed E-state index contributed by atoms with van der Waals surface area (Å²) in [5, 5.41) is 15.3. The Hall–Kier alpha value is -1.26. The Kier molecular flexibility index (Phi) is 5.12. The smallest absolute Gasteiger partial charge is 0.314 e. The molecule has 5 nitrogen and oxygen atoms in total. The quantitative estimate of drug-likeness (QED) is 0.659. The number of amides is 2. The first kappa shape index (κ1) is 16.1. The molecule has 0 saturated heterocycles. The third-order valence-corrected chi connectivity index (χ3v) is 5.43. The van der Waals surface area contributed by atoms with Gasteiger partial charge in [-0.25, -0.2) is 4.79 Å². The first-order chi connectivity index (χ1) is 10.0. The van der Waals surface area contributed by atoms with Crippen LogP contribution in [-0.4, -0.2) is 30.2 Å². The summed E-state index contributed by atoms with van der Waals surface area (Å²) in [5.41, 5.74) is -0.458. The van der Waals surface area contributed by atoms with Crippen LogP contribution in [0.15, 0.2) is 0 Å². The van der Waals surface area contributed by atoms with Gasteiger partial charge in [-0.15, -0.1) is 0 Å². The number of carbonyl (C=O) groups excluding carboxylic acids is 1. The minimum absolute atomic E-state index is 0.223. The zero-order valence-corrected chi connectivity index (χ0v) is 13.0. The minimum atomic E-state index is -0.768. The molecular weight excluding hydrogens is 268 g/mol. The summed E-state index contributed by atoms with van der Waals surface area (Å²) in [4.78, 5) is 23.6. The Labute approximate surface area is 126 Å². The molecular formula is C16H28N2O3. The van der Waals surface area contributed by atoms with E-state index in [4.69, 9.17) is 0 Å². The van der Waals surface area contributed by atoms with Crippen LogP contribution in [0, 0.1) is 10.8 Å². The third kappa shape index (κ3) is 4.11. The molecule has 0 spiro atoms. The molecule has 120 valence electrons. The van der Waals surface area contributed by atoms with Gasteiger partial charge in [0, 0.05) is 13.1 Å². The van der Waals surface area contributed by atoms with Crippen molar-refractivity contribution in [1.29, 1.82) is 0 Å². The summed E-state index contributed by atoms with van der Waals surface area (Å²) >= 11 is 0. The number of rotatable bonds is 6. The molecule has 5 heteroatoms. The number of hydrogen-bond donors (Lipinski definition) is 3. The van der Waals surface area contributed by atoms with Crippen LogP contribution >= 0.6 is 0 Å². The average molecular weight is 296 g/mol. The van der Waals surface area contributed by atoms with E-state index in [-0.39, 0.29) is 12.6 Å². The molecule has 0 radical (unpaired) electrons. The molecule has 0 aromatic carbocycles. The standard InChI is InChI=1S/C16H28N2O3/c1-2-15(9-10-15)11-17-14(21)18-12-16(13(19)20)7-5-3-4-6-8-16/h2-12H2,1H3,(H,19,20)(H2,17,18,21). The van der Waals surface area contributed by atoms with Crippen LogP contribution < -0.4 is 10.6 Å². The molecule has 2 rings (SSSR count). The number of carbonyl (C=O) groups is 2. The SMILES string of the molecule is CCC1(CNC(=O)NCC2(C(=O)O)CCCCCC2)CC1. The van der Waals surface area contributed by atoms with E-state index in [0.29, 0.717) is 24.8 Å². The highest BCUT2D eigenvalue weighted by molar-refractivity contribution is 5.78. The molecule has 0 bridgehead atoms. The van der Waals surface area contributed by atoms with Gasteiger partial charge in [0.05, 0.1) is 5.41 Å². The van der Waals surface area contributed by atoms with Crippen LogP contribution in [0.25, 0.3) is 0 Å². The lowest BCUT2D eigenvalue weighted by Crippen LogP contribution is -2.47. The van der Waals surface area contributed by atoms with Crippen LogP contribution in [0.2, 0.25) is 0 Å². The fourth-order valence-corrected chi connectivity index (χ4v) is 3.28. The third-order valence-electron chi connectivity index (χ3n) is 5.43. The highest BCUT2D eigenvalue weighted by atomic mass is 16.4. The lowest BCUT2D eigenvalue weighted by atomic mass is 9.80. The maximum atomic E-state index is 11.9. The summed E-state index contributed by atoms with van der Waals surface area (Å²) in [6, 6.07) is -0.223.